The minimum Gasteiger partial charge on any atom is -0.457 e. The SMILES string of the molecule is CC(=O)c1ccc(OCOC(=O)C(C)(C)C)cc1. The summed E-state index contributed by atoms with van der Waals surface area (Å²) >= 11 is 0. The summed E-state index contributed by atoms with van der Waals surface area (Å²) in [6.07, 6.45) is 0. The van der Waals surface area contributed by atoms with Crippen molar-refractivity contribution in [2.75, 3.05) is 6.79 Å². The minimum atomic E-state index is -0.540. The van der Waals surface area contributed by atoms with Gasteiger partial charge in [0.25, 0.3) is 0 Å². The summed E-state index contributed by atoms with van der Waals surface area (Å²) in [5, 5.41) is 0. The van der Waals surface area contributed by atoms with Crippen LogP contribution in [0.2, 0.25) is 0 Å². The van der Waals surface area contributed by atoms with Crippen LogP contribution in [0.25, 0.3) is 0 Å². The predicted octanol–water partition coefficient (Wildman–Crippen LogP) is 2.81. The molecule has 0 unspecified atom stereocenters. The topological polar surface area (TPSA) is 52.6 Å². The van der Waals surface area contributed by atoms with E-state index in [-0.39, 0.29) is 18.5 Å². The summed E-state index contributed by atoms with van der Waals surface area (Å²) < 4.78 is 10.2. The average molecular weight is 250 g/mol. The van der Waals surface area contributed by atoms with E-state index in [9.17, 15) is 9.59 Å². The molecule has 0 bridgehead atoms. The van der Waals surface area contributed by atoms with Crippen molar-refractivity contribution >= 4 is 11.8 Å². The number of rotatable bonds is 4. The van der Waals surface area contributed by atoms with E-state index >= 15 is 0 Å². The number of carbonyl (C=O) groups is 2. The van der Waals surface area contributed by atoms with Gasteiger partial charge >= 0.3 is 5.97 Å². The molecule has 0 N–H and O–H groups in total. The zero-order valence-electron chi connectivity index (χ0n) is 11.1. The lowest BCUT2D eigenvalue weighted by atomic mass is 9.98. The van der Waals surface area contributed by atoms with Gasteiger partial charge in [-0.25, -0.2) is 0 Å². The van der Waals surface area contributed by atoms with Gasteiger partial charge in [0.2, 0.25) is 6.79 Å². The van der Waals surface area contributed by atoms with Crippen LogP contribution in [0.5, 0.6) is 5.75 Å². The third-order valence-corrected chi connectivity index (χ3v) is 2.29. The Morgan fingerprint density at radius 3 is 2.11 bits per heavy atom. The number of Topliss-reactive ketones (excluding diaryl/α,β-unsaturated/α-hetero) is 1. The molecule has 0 amide bonds. The molecule has 0 atom stereocenters. The summed E-state index contributed by atoms with van der Waals surface area (Å²) in [5.41, 5.74) is 0.0796. The summed E-state index contributed by atoms with van der Waals surface area (Å²) in [6, 6.07) is 6.68. The van der Waals surface area contributed by atoms with Crippen LogP contribution in [0.4, 0.5) is 0 Å². The Morgan fingerprint density at radius 1 is 1.11 bits per heavy atom. The fraction of sp³-hybridized carbons (Fsp3) is 0.429. The molecular weight excluding hydrogens is 232 g/mol. The first-order valence-electron chi connectivity index (χ1n) is 5.72. The van der Waals surface area contributed by atoms with Gasteiger partial charge in [-0.05, 0) is 52.0 Å². The first-order chi connectivity index (χ1) is 8.30. The van der Waals surface area contributed by atoms with Crippen LogP contribution in [0.1, 0.15) is 38.1 Å². The van der Waals surface area contributed by atoms with E-state index in [1.54, 1.807) is 45.0 Å². The van der Waals surface area contributed by atoms with Gasteiger partial charge in [0.05, 0.1) is 5.41 Å². The molecule has 1 rings (SSSR count). The van der Waals surface area contributed by atoms with E-state index in [0.29, 0.717) is 11.3 Å². The van der Waals surface area contributed by atoms with E-state index in [4.69, 9.17) is 9.47 Å². The van der Waals surface area contributed by atoms with Crippen molar-refractivity contribution < 1.29 is 19.1 Å². The van der Waals surface area contributed by atoms with Gasteiger partial charge in [-0.3, -0.25) is 9.59 Å². The number of hydrogen-bond donors (Lipinski definition) is 0. The Kier molecular flexibility index (Phi) is 4.48. The number of hydrogen-bond acceptors (Lipinski definition) is 4. The molecule has 4 heteroatoms. The van der Waals surface area contributed by atoms with Crippen LogP contribution in [-0.4, -0.2) is 18.5 Å². The van der Waals surface area contributed by atoms with Crippen LogP contribution >= 0.6 is 0 Å². The lowest BCUT2D eigenvalue weighted by Crippen LogP contribution is -2.24. The lowest BCUT2D eigenvalue weighted by Gasteiger charge is -2.16. The minimum absolute atomic E-state index is 0.000658. The van der Waals surface area contributed by atoms with Crippen LogP contribution in [0.3, 0.4) is 0 Å². The summed E-state index contributed by atoms with van der Waals surface area (Å²) in [4.78, 5) is 22.5. The second-order valence-electron chi connectivity index (χ2n) is 5.02. The van der Waals surface area contributed by atoms with Gasteiger partial charge in [0, 0.05) is 5.56 Å². The molecule has 4 nitrogen and oxygen atoms in total. The van der Waals surface area contributed by atoms with Crippen LogP contribution in [0.15, 0.2) is 24.3 Å². The Labute approximate surface area is 107 Å². The van der Waals surface area contributed by atoms with E-state index in [0.717, 1.165) is 0 Å². The molecule has 0 fully saturated rings. The third-order valence-electron chi connectivity index (χ3n) is 2.29. The first-order valence-corrected chi connectivity index (χ1v) is 5.72. The highest BCUT2D eigenvalue weighted by Crippen LogP contribution is 2.16. The van der Waals surface area contributed by atoms with Crippen LogP contribution in [-0.2, 0) is 9.53 Å². The average Bonchev–Trinajstić information content (AvgIpc) is 2.28. The van der Waals surface area contributed by atoms with Crippen molar-refractivity contribution in [3.63, 3.8) is 0 Å². The molecule has 0 aliphatic heterocycles. The number of esters is 1. The number of ketones is 1. The Bertz CT molecular complexity index is 426. The van der Waals surface area contributed by atoms with E-state index < -0.39 is 5.41 Å². The number of benzene rings is 1. The normalized spacial score (nSPS) is 10.9. The third kappa shape index (κ3) is 4.20. The fourth-order valence-electron chi connectivity index (χ4n) is 1.15. The Hall–Kier alpha value is -1.84. The Morgan fingerprint density at radius 2 is 1.67 bits per heavy atom. The van der Waals surface area contributed by atoms with Gasteiger partial charge in [-0.2, -0.15) is 0 Å². The second kappa shape index (κ2) is 5.67. The van der Waals surface area contributed by atoms with Crippen molar-refractivity contribution in [2.45, 2.75) is 27.7 Å². The number of carbonyl (C=O) groups excluding carboxylic acids is 2. The molecule has 0 saturated carbocycles. The van der Waals surface area contributed by atoms with Crippen molar-refractivity contribution in [2.24, 2.45) is 5.41 Å². The summed E-state index contributed by atoms with van der Waals surface area (Å²) in [6.45, 7) is 6.70. The summed E-state index contributed by atoms with van der Waals surface area (Å²) in [7, 11) is 0. The molecule has 0 aliphatic carbocycles. The summed E-state index contributed by atoms with van der Waals surface area (Å²) in [5.74, 6) is 0.241. The maximum Gasteiger partial charge on any atom is 0.314 e. The van der Waals surface area contributed by atoms with E-state index in [2.05, 4.69) is 0 Å². The highest BCUT2D eigenvalue weighted by Gasteiger charge is 2.22. The van der Waals surface area contributed by atoms with Crippen LogP contribution < -0.4 is 4.74 Å². The molecule has 0 heterocycles. The molecule has 0 saturated heterocycles. The van der Waals surface area contributed by atoms with E-state index in [1.165, 1.54) is 6.92 Å². The zero-order chi connectivity index (χ0) is 13.8. The van der Waals surface area contributed by atoms with Gasteiger partial charge in [-0.1, -0.05) is 0 Å². The maximum atomic E-state index is 11.5. The monoisotopic (exact) mass is 250 g/mol. The molecule has 0 aromatic heterocycles. The highest BCUT2D eigenvalue weighted by atomic mass is 16.7. The second-order valence-corrected chi connectivity index (χ2v) is 5.02. The first kappa shape index (κ1) is 14.2. The quantitative estimate of drug-likeness (QED) is 0.468. The largest absolute Gasteiger partial charge is 0.457 e. The molecule has 0 radical (unpaired) electrons. The highest BCUT2D eigenvalue weighted by molar-refractivity contribution is 5.94. The fourth-order valence-corrected chi connectivity index (χ4v) is 1.15. The number of ether oxygens (including phenoxy) is 2. The van der Waals surface area contributed by atoms with Gasteiger partial charge in [-0.15, -0.1) is 0 Å². The van der Waals surface area contributed by atoms with Crippen LogP contribution in [0, 0.1) is 5.41 Å². The molecule has 0 spiro atoms. The molecule has 98 valence electrons. The van der Waals surface area contributed by atoms with E-state index in [1.807, 2.05) is 0 Å². The molecular formula is C14H18O4. The van der Waals surface area contributed by atoms with Crippen molar-refractivity contribution in [1.82, 2.24) is 0 Å². The molecule has 1 aromatic carbocycles. The zero-order valence-corrected chi connectivity index (χ0v) is 11.1. The molecule has 18 heavy (non-hydrogen) atoms. The lowest BCUT2D eigenvalue weighted by molar-refractivity contribution is -0.159. The van der Waals surface area contributed by atoms with Crippen molar-refractivity contribution in [3.05, 3.63) is 29.8 Å². The predicted molar refractivity (Wildman–Crippen MR) is 67.5 cm³/mol. The smallest absolute Gasteiger partial charge is 0.314 e. The van der Waals surface area contributed by atoms with Gasteiger partial charge in [0.15, 0.2) is 5.78 Å². The van der Waals surface area contributed by atoms with Gasteiger partial charge in [0.1, 0.15) is 5.75 Å². The Balaban J connectivity index is 2.45. The molecule has 1 aromatic rings. The van der Waals surface area contributed by atoms with Crippen molar-refractivity contribution in [3.8, 4) is 5.75 Å². The maximum absolute atomic E-state index is 11.5. The van der Waals surface area contributed by atoms with Crippen molar-refractivity contribution in [1.29, 1.82) is 0 Å². The molecule has 0 aliphatic rings. The van der Waals surface area contributed by atoms with Gasteiger partial charge < -0.3 is 9.47 Å². The standard InChI is InChI=1S/C14H18O4/c1-10(15)11-5-7-12(8-6-11)17-9-18-13(16)14(2,3)4/h5-8H,9H2,1-4H3.